The number of hydrogen-bond acceptors (Lipinski definition) is 2. The molecule has 0 radical (unpaired) electrons. The third-order valence-electron chi connectivity index (χ3n) is 5.20. The van der Waals surface area contributed by atoms with Crippen LogP contribution in [0.1, 0.15) is 46.5 Å². The summed E-state index contributed by atoms with van der Waals surface area (Å²) in [6, 6.07) is 0. The maximum absolute atomic E-state index is 11.5. The van der Waals surface area contributed by atoms with Crippen molar-refractivity contribution in [2.75, 3.05) is 0 Å². The number of carboxylic acids is 1. The van der Waals surface area contributed by atoms with Crippen LogP contribution in [0.15, 0.2) is 11.6 Å². The lowest BCUT2D eigenvalue weighted by atomic mass is 9.60. The molecule has 1 unspecified atom stereocenters. The van der Waals surface area contributed by atoms with Crippen molar-refractivity contribution in [2.45, 2.75) is 52.6 Å². The third-order valence-corrected chi connectivity index (χ3v) is 5.20. The zero-order valence-corrected chi connectivity index (χ0v) is 11.5. The van der Waals surface area contributed by atoms with E-state index in [1.807, 2.05) is 6.92 Å². The van der Waals surface area contributed by atoms with Gasteiger partial charge >= 0.3 is 5.97 Å². The third kappa shape index (κ3) is 1.99. The maximum atomic E-state index is 11.5. The van der Waals surface area contributed by atoms with Crippen LogP contribution < -0.4 is 0 Å². The van der Waals surface area contributed by atoms with Crippen LogP contribution in [-0.4, -0.2) is 22.3 Å². The Morgan fingerprint density at radius 1 is 1.44 bits per heavy atom. The summed E-state index contributed by atoms with van der Waals surface area (Å²) in [7, 11) is 0. The Morgan fingerprint density at radius 2 is 2.11 bits per heavy atom. The molecule has 1 spiro atoms. The highest BCUT2D eigenvalue weighted by atomic mass is 16.4. The lowest BCUT2D eigenvalue weighted by Gasteiger charge is -2.44. The first-order valence-electron chi connectivity index (χ1n) is 6.96. The monoisotopic (exact) mass is 252 g/mol. The van der Waals surface area contributed by atoms with Gasteiger partial charge in [0, 0.05) is 0 Å². The van der Waals surface area contributed by atoms with Crippen LogP contribution >= 0.6 is 0 Å². The van der Waals surface area contributed by atoms with Gasteiger partial charge in [0.1, 0.15) is 0 Å². The summed E-state index contributed by atoms with van der Waals surface area (Å²) >= 11 is 0. The SMILES string of the molecule is CC1=CC[C@@]2(CC1O)[C@@H](C(=O)O)CC[C@H]2C(C)C. The van der Waals surface area contributed by atoms with E-state index in [9.17, 15) is 15.0 Å². The van der Waals surface area contributed by atoms with Gasteiger partial charge in [0.05, 0.1) is 12.0 Å². The number of carbonyl (C=O) groups is 1. The highest BCUT2D eigenvalue weighted by molar-refractivity contribution is 5.72. The van der Waals surface area contributed by atoms with Crippen molar-refractivity contribution in [3.8, 4) is 0 Å². The largest absolute Gasteiger partial charge is 0.481 e. The van der Waals surface area contributed by atoms with Gasteiger partial charge in [0.15, 0.2) is 0 Å². The topological polar surface area (TPSA) is 57.5 Å². The minimum atomic E-state index is -0.682. The van der Waals surface area contributed by atoms with E-state index in [0.717, 1.165) is 24.8 Å². The first-order valence-corrected chi connectivity index (χ1v) is 6.96. The van der Waals surface area contributed by atoms with E-state index in [4.69, 9.17) is 0 Å². The van der Waals surface area contributed by atoms with Gasteiger partial charge in [-0.15, -0.1) is 0 Å². The fourth-order valence-corrected chi connectivity index (χ4v) is 4.22. The molecule has 2 rings (SSSR count). The normalized spacial score (nSPS) is 40.3. The highest BCUT2D eigenvalue weighted by Gasteiger charge is 2.55. The number of rotatable bonds is 2. The molecule has 3 nitrogen and oxygen atoms in total. The van der Waals surface area contributed by atoms with E-state index in [1.54, 1.807) is 0 Å². The Morgan fingerprint density at radius 3 is 2.61 bits per heavy atom. The molecule has 102 valence electrons. The van der Waals surface area contributed by atoms with Crippen molar-refractivity contribution in [3.63, 3.8) is 0 Å². The predicted octanol–water partition coefficient (Wildman–Crippen LogP) is 2.84. The van der Waals surface area contributed by atoms with Crippen molar-refractivity contribution in [1.29, 1.82) is 0 Å². The second-order valence-corrected chi connectivity index (χ2v) is 6.42. The van der Waals surface area contributed by atoms with Crippen LogP contribution in [0.5, 0.6) is 0 Å². The van der Waals surface area contributed by atoms with E-state index >= 15 is 0 Å². The smallest absolute Gasteiger partial charge is 0.307 e. The van der Waals surface area contributed by atoms with Gasteiger partial charge < -0.3 is 10.2 Å². The first kappa shape index (κ1) is 13.6. The minimum absolute atomic E-state index is 0.223. The molecule has 0 bridgehead atoms. The van der Waals surface area contributed by atoms with Gasteiger partial charge in [-0.1, -0.05) is 19.9 Å². The molecule has 0 amide bonds. The quantitative estimate of drug-likeness (QED) is 0.743. The molecule has 0 aromatic heterocycles. The summed E-state index contributed by atoms with van der Waals surface area (Å²) in [6.07, 6.45) is 4.78. The summed E-state index contributed by atoms with van der Waals surface area (Å²) in [4.78, 5) is 11.5. The fourth-order valence-electron chi connectivity index (χ4n) is 4.22. The summed E-state index contributed by atoms with van der Waals surface area (Å²) < 4.78 is 0. The van der Waals surface area contributed by atoms with Crippen LogP contribution in [0, 0.1) is 23.2 Å². The number of hydrogen-bond donors (Lipinski definition) is 2. The second kappa shape index (κ2) is 4.69. The number of aliphatic carboxylic acids is 1. The van der Waals surface area contributed by atoms with Gasteiger partial charge in [-0.05, 0) is 55.4 Å². The number of carboxylic acid groups (broad SMARTS) is 1. The van der Waals surface area contributed by atoms with E-state index < -0.39 is 12.1 Å². The number of allylic oxidation sites excluding steroid dienone is 1. The second-order valence-electron chi connectivity index (χ2n) is 6.42. The molecule has 2 aliphatic rings. The molecule has 1 fully saturated rings. The lowest BCUT2D eigenvalue weighted by molar-refractivity contribution is -0.147. The Hall–Kier alpha value is -0.830. The molecule has 2 aliphatic carbocycles. The molecule has 0 aliphatic heterocycles. The van der Waals surface area contributed by atoms with Gasteiger partial charge in [-0.2, -0.15) is 0 Å². The van der Waals surface area contributed by atoms with Crippen molar-refractivity contribution in [3.05, 3.63) is 11.6 Å². The van der Waals surface area contributed by atoms with Gasteiger partial charge in [-0.25, -0.2) is 0 Å². The first-order chi connectivity index (χ1) is 8.38. The molecule has 18 heavy (non-hydrogen) atoms. The van der Waals surface area contributed by atoms with Crippen LogP contribution in [0.25, 0.3) is 0 Å². The zero-order chi connectivity index (χ0) is 13.5. The number of aliphatic hydroxyl groups is 1. The predicted molar refractivity (Wildman–Crippen MR) is 70.1 cm³/mol. The highest BCUT2D eigenvalue weighted by Crippen LogP contribution is 2.58. The molecule has 3 heteroatoms. The van der Waals surface area contributed by atoms with Crippen LogP contribution in [0.4, 0.5) is 0 Å². The van der Waals surface area contributed by atoms with E-state index in [2.05, 4.69) is 19.9 Å². The molecule has 1 saturated carbocycles. The standard InChI is InChI=1S/C15H24O3/c1-9(2)11-4-5-12(14(17)18)15(11)7-6-10(3)13(16)8-15/h6,9,11-13,16H,4-5,7-8H2,1-3H3,(H,17,18)/t11-,12+,13?,15-/m0/s1. The van der Waals surface area contributed by atoms with Gasteiger partial charge in [-0.3, -0.25) is 4.79 Å². The van der Waals surface area contributed by atoms with Crippen molar-refractivity contribution >= 4 is 5.97 Å². The molecule has 0 heterocycles. The summed E-state index contributed by atoms with van der Waals surface area (Å²) in [5.41, 5.74) is 0.776. The Labute approximate surface area is 109 Å². The average Bonchev–Trinajstić information content (AvgIpc) is 2.63. The Bertz CT molecular complexity index is 372. The maximum Gasteiger partial charge on any atom is 0.307 e. The van der Waals surface area contributed by atoms with Crippen LogP contribution in [-0.2, 0) is 4.79 Å². The van der Waals surface area contributed by atoms with E-state index in [0.29, 0.717) is 18.3 Å². The minimum Gasteiger partial charge on any atom is -0.481 e. The van der Waals surface area contributed by atoms with E-state index in [1.165, 1.54) is 0 Å². The fraction of sp³-hybridized carbons (Fsp3) is 0.800. The van der Waals surface area contributed by atoms with E-state index in [-0.39, 0.29) is 11.3 Å². The van der Waals surface area contributed by atoms with Crippen molar-refractivity contribution in [1.82, 2.24) is 0 Å². The molecule has 0 aromatic carbocycles. The van der Waals surface area contributed by atoms with Crippen molar-refractivity contribution < 1.29 is 15.0 Å². The molecule has 0 saturated heterocycles. The van der Waals surface area contributed by atoms with Gasteiger partial charge in [0.25, 0.3) is 0 Å². The molecular weight excluding hydrogens is 228 g/mol. The molecule has 0 aromatic rings. The zero-order valence-electron chi connectivity index (χ0n) is 11.5. The molecular formula is C15H24O3. The summed E-state index contributed by atoms with van der Waals surface area (Å²) in [5.74, 6) is -0.0758. The van der Waals surface area contributed by atoms with Crippen molar-refractivity contribution in [2.24, 2.45) is 23.2 Å². The Balaban J connectivity index is 2.37. The average molecular weight is 252 g/mol. The van der Waals surface area contributed by atoms with Crippen LogP contribution in [0.3, 0.4) is 0 Å². The lowest BCUT2D eigenvalue weighted by Crippen LogP contribution is -2.43. The van der Waals surface area contributed by atoms with Crippen LogP contribution in [0.2, 0.25) is 0 Å². The number of aliphatic hydroxyl groups excluding tert-OH is 1. The van der Waals surface area contributed by atoms with Gasteiger partial charge in [0.2, 0.25) is 0 Å². The molecule has 2 N–H and O–H groups in total. The molecule has 4 atom stereocenters. The summed E-state index contributed by atoms with van der Waals surface area (Å²) in [5, 5.41) is 19.6. The summed E-state index contributed by atoms with van der Waals surface area (Å²) in [6.45, 7) is 6.29. The Kier molecular flexibility index (Phi) is 3.54.